The molecule has 3 rings (SSSR count). The molecule has 6 heteroatoms. The van der Waals surface area contributed by atoms with Crippen molar-refractivity contribution < 1.29 is 9.59 Å². The van der Waals surface area contributed by atoms with E-state index in [0.717, 1.165) is 22.8 Å². The van der Waals surface area contributed by atoms with E-state index in [0.29, 0.717) is 18.7 Å². The molecule has 0 spiro atoms. The van der Waals surface area contributed by atoms with E-state index in [9.17, 15) is 9.59 Å². The summed E-state index contributed by atoms with van der Waals surface area (Å²) in [7, 11) is 0. The Balaban J connectivity index is 1.76. The first kappa shape index (κ1) is 21.4. The van der Waals surface area contributed by atoms with Crippen LogP contribution in [-0.4, -0.2) is 40.8 Å². The molecule has 0 saturated carbocycles. The van der Waals surface area contributed by atoms with E-state index < -0.39 is 0 Å². The van der Waals surface area contributed by atoms with Crippen molar-refractivity contribution in [1.82, 2.24) is 15.2 Å². The predicted molar refractivity (Wildman–Crippen MR) is 116 cm³/mol. The van der Waals surface area contributed by atoms with Crippen molar-refractivity contribution in [2.24, 2.45) is 5.92 Å². The third-order valence-corrected chi connectivity index (χ3v) is 6.31. The number of aryl methyl sites for hydroxylation is 2. The van der Waals surface area contributed by atoms with Crippen molar-refractivity contribution >= 4 is 23.6 Å². The SMILES string of the molecule is Cc1ccc(Sc2ncccc2C(=O)N2CCCC(NC(=O)C(C)C)C2)c(C)c1. The van der Waals surface area contributed by atoms with Crippen molar-refractivity contribution in [2.75, 3.05) is 13.1 Å². The molecule has 2 aromatic rings. The van der Waals surface area contributed by atoms with Crippen LogP contribution >= 0.6 is 11.8 Å². The number of likely N-dealkylation sites (tertiary alicyclic amines) is 1. The van der Waals surface area contributed by atoms with E-state index in [1.54, 1.807) is 12.3 Å². The van der Waals surface area contributed by atoms with Gasteiger partial charge in [0.15, 0.2) is 0 Å². The fraction of sp³-hybridized carbons (Fsp3) is 0.435. The molecule has 1 aromatic heterocycles. The number of hydrogen-bond acceptors (Lipinski definition) is 4. The average Bonchev–Trinajstić information content (AvgIpc) is 2.70. The molecular formula is C23H29N3O2S. The van der Waals surface area contributed by atoms with Gasteiger partial charge in [0.05, 0.1) is 5.56 Å². The molecule has 2 amide bonds. The Morgan fingerprint density at radius 2 is 2.03 bits per heavy atom. The molecule has 1 fully saturated rings. The molecule has 1 aliphatic heterocycles. The lowest BCUT2D eigenvalue weighted by Gasteiger charge is -2.33. The fourth-order valence-electron chi connectivity index (χ4n) is 3.47. The summed E-state index contributed by atoms with van der Waals surface area (Å²) >= 11 is 1.53. The lowest BCUT2D eigenvalue weighted by atomic mass is 10.0. The van der Waals surface area contributed by atoms with Gasteiger partial charge in [0.25, 0.3) is 5.91 Å². The van der Waals surface area contributed by atoms with Crippen molar-refractivity contribution in [2.45, 2.75) is 56.5 Å². The number of nitrogens with zero attached hydrogens (tertiary/aromatic N) is 2. The maximum Gasteiger partial charge on any atom is 0.256 e. The average molecular weight is 412 g/mol. The van der Waals surface area contributed by atoms with Crippen molar-refractivity contribution in [1.29, 1.82) is 0 Å². The third kappa shape index (κ3) is 5.38. The van der Waals surface area contributed by atoms with Crippen LogP contribution in [0.15, 0.2) is 46.5 Å². The first-order valence-electron chi connectivity index (χ1n) is 10.1. The van der Waals surface area contributed by atoms with Gasteiger partial charge in [-0.25, -0.2) is 4.98 Å². The second-order valence-corrected chi connectivity index (χ2v) is 9.01. The lowest BCUT2D eigenvalue weighted by Crippen LogP contribution is -2.50. The van der Waals surface area contributed by atoms with Crippen LogP contribution in [0.4, 0.5) is 0 Å². The monoisotopic (exact) mass is 411 g/mol. The smallest absolute Gasteiger partial charge is 0.256 e. The van der Waals surface area contributed by atoms with Gasteiger partial charge in [-0.2, -0.15) is 0 Å². The molecule has 0 radical (unpaired) electrons. The summed E-state index contributed by atoms with van der Waals surface area (Å²) in [4.78, 5) is 32.8. The zero-order valence-electron chi connectivity index (χ0n) is 17.6. The molecule has 5 nitrogen and oxygen atoms in total. The molecule has 1 atom stereocenters. The van der Waals surface area contributed by atoms with Crippen LogP contribution in [0.1, 0.15) is 48.2 Å². The highest BCUT2D eigenvalue weighted by Crippen LogP contribution is 2.32. The summed E-state index contributed by atoms with van der Waals surface area (Å²) in [6, 6.07) is 9.95. The van der Waals surface area contributed by atoms with Gasteiger partial charge >= 0.3 is 0 Å². The zero-order chi connectivity index (χ0) is 21.0. The van der Waals surface area contributed by atoms with E-state index >= 15 is 0 Å². The molecule has 0 bridgehead atoms. The van der Waals surface area contributed by atoms with Crippen LogP contribution in [0.5, 0.6) is 0 Å². The van der Waals surface area contributed by atoms with E-state index in [1.807, 2.05) is 24.8 Å². The van der Waals surface area contributed by atoms with Crippen LogP contribution in [-0.2, 0) is 4.79 Å². The quantitative estimate of drug-likeness (QED) is 0.800. The van der Waals surface area contributed by atoms with Gasteiger partial charge in [-0.15, -0.1) is 0 Å². The lowest BCUT2D eigenvalue weighted by molar-refractivity contribution is -0.125. The Bertz CT molecular complexity index is 897. The van der Waals surface area contributed by atoms with Gasteiger partial charge in [0.2, 0.25) is 5.91 Å². The van der Waals surface area contributed by atoms with E-state index in [1.165, 1.54) is 22.9 Å². The number of aromatic nitrogens is 1. The second kappa shape index (κ2) is 9.44. The summed E-state index contributed by atoms with van der Waals surface area (Å²) in [5.41, 5.74) is 3.01. The van der Waals surface area contributed by atoms with Crippen molar-refractivity contribution in [3.8, 4) is 0 Å². The number of hydrogen-bond donors (Lipinski definition) is 1. The Labute approximate surface area is 177 Å². The number of pyridine rings is 1. The molecule has 29 heavy (non-hydrogen) atoms. The molecule has 1 saturated heterocycles. The summed E-state index contributed by atoms with van der Waals surface area (Å²) in [5, 5.41) is 3.79. The number of amides is 2. The standard InChI is InChI=1S/C23H29N3O2S/c1-15(2)21(27)25-18-7-6-12-26(14-18)23(28)19-8-5-11-24-22(19)29-20-10-9-16(3)13-17(20)4/h5,8-11,13,15,18H,6-7,12,14H2,1-4H3,(H,25,27). The Hall–Kier alpha value is -2.34. The van der Waals surface area contributed by atoms with Crippen LogP contribution in [0.3, 0.4) is 0 Å². The highest BCUT2D eigenvalue weighted by Gasteiger charge is 2.27. The van der Waals surface area contributed by atoms with E-state index in [4.69, 9.17) is 0 Å². The largest absolute Gasteiger partial charge is 0.351 e. The topological polar surface area (TPSA) is 62.3 Å². The fourth-order valence-corrected chi connectivity index (χ4v) is 4.41. The number of carbonyl (C=O) groups excluding carboxylic acids is 2. The highest BCUT2D eigenvalue weighted by molar-refractivity contribution is 7.99. The van der Waals surface area contributed by atoms with Crippen molar-refractivity contribution in [3.05, 3.63) is 53.2 Å². The Morgan fingerprint density at radius 3 is 2.76 bits per heavy atom. The van der Waals surface area contributed by atoms with Crippen LogP contribution in [0.2, 0.25) is 0 Å². The third-order valence-electron chi connectivity index (χ3n) is 5.12. The number of benzene rings is 1. The van der Waals surface area contributed by atoms with Gasteiger partial charge in [-0.1, -0.05) is 43.3 Å². The number of nitrogens with one attached hydrogen (secondary N) is 1. The van der Waals surface area contributed by atoms with Gasteiger partial charge in [0, 0.05) is 36.1 Å². The minimum atomic E-state index is -0.0554. The van der Waals surface area contributed by atoms with Gasteiger partial charge in [-0.05, 0) is 50.5 Å². The van der Waals surface area contributed by atoms with E-state index in [2.05, 4.69) is 42.3 Å². The second-order valence-electron chi connectivity index (χ2n) is 7.98. The Kier molecular flexibility index (Phi) is 6.96. The predicted octanol–water partition coefficient (Wildman–Crippen LogP) is 4.23. The maximum atomic E-state index is 13.3. The number of rotatable bonds is 5. The normalized spacial score (nSPS) is 16.7. The van der Waals surface area contributed by atoms with Gasteiger partial charge < -0.3 is 10.2 Å². The minimum absolute atomic E-state index is 0.00900. The minimum Gasteiger partial charge on any atom is -0.351 e. The van der Waals surface area contributed by atoms with Crippen LogP contribution in [0.25, 0.3) is 0 Å². The van der Waals surface area contributed by atoms with Crippen molar-refractivity contribution in [3.63, 3.8) is 0 Å². The number of carbonyl (C=O) groups is 2. The maximum absolute atomic E-state index is 13.3. The summed E-state index contributed by atoms with van der Waals surface area (Å²) in [6.07, 6.45) is 3.51. The number of piperidine rings is 1. The van der Waals surface area contributed by atoms with Crippen LogP contribution in [0, 0.1) is 19.8 Å². The first-order valence-corrected chi connectivity index (χ1v) is 11.0. The van der Waals surface area contributed by atoms with Gasteiger partial charge in [0.1, 0.15) is 5.03 Å². The van der Waals surface area contributed by atoms with Gasteiger partial charge in [-0.3, -0.25) is 9.59 Å². The molecule has 1 unspecified atom stereocenters. The molecular weight excluding hydrogens is 382 g/mol. The summed E-state index contributed by atoms with van der Waals surface area (Å²) in [6.45, 7) is 9.16. The Morgan fingerprint density at radius 1 is 1.24 bits per heavy atom. The molecule has 0 aliphatic carbocycles. The molecule has 1 N–H and O–H groups in total. The first-order chi connectivity index (χ1) is 13.8. The molecule has 1 aromatic carbocycles. The zero-order valence-corrected chi connectivity index (χ0v) is 18.4. The molecule has 1 aliphatic rings. The highest BCUT2D eigenvalue weighted by atomic mass is 32.2. The summed E-state index contributed by atoms with van der Waals surface area (Å²) in [5.74, 6) is -0.0363. The van der Waals surface area contributed by atoms with E-state index in [-0.39, 0.29) is 23.8 Å². The molecule has 2 heterocycles. The summed E-state index contributed by atoms with van der Waals surface area (Å²) < 4.78 is 0. The van der Waals surface area contributed by atoms with Crippen LogP contribution < -0.4 is 5.32 Å². The molecule has 154 valence electrons.